The maximum atomic E-state index is 12.0. The Hall–Kier alpha value is -1.06. The summed E-state index contributed by atoms with van der Waals surface area (Å²) >= 11 is 5.98. The number of benzene rings is 1. The first-order valence-electron chi connectivity index (χ1n) is 7.46. The first-order chi connectivity index (χ1) is 9.70. The topological polar surface area (TPSA) is 32.3 Å². The van der Waals surface area contributed by atoms with Crippen molar-refractivity contribution in [2.24, 2.45) is 5.92 Å². The lowest BCUT2D eigenvalue weighted by Gasteiger charge is -2.17. The summed E-state index contributed by atoms with van der Waals surface area (Å²) in [5.41, 5.74) is 1.19. The Morgan fingerprint density at radius 1 is 1.35 bits per heavy atom. The van der Waals surface area contributed by atoms with Gasteiger partial charge in [0, 0.05) is 30.6 Å². The molecule has 1 aliphatic heterocycles. The van der Waals surface area contributed by atoms with Gasteiger partial charge >= 0.3 is 0 Å². The van der Waals surface area contributed by atoms with E-state index in [1.54, 1.807) is 0 Å². The lowest BCUT2D eigenvalue weighted by Crippen LogP contribution is -2.34. The molecule has 0 radical (unpaired) electrons. The summed E-state index contributed by atoms with van der Waals surface area (Å²) in [4.78, 5) is 14.0. The van der Waals surface area contributed by atoms with Gasteiger partial charge in [-0.25, -0.2) is 0 Å². The Morgan fingerprint density at radius 2 is 2.20 bits per heavy atom. The SMILES string of the molecule is O=C1C[C@@H](NCC2CC2)CN1CCc1cccc(Cl)c1. The first kappa shape index (κ1) is 13.9. The Balaban J connectivity index is 1.46. The minimum absolute atomic E-state index is 0.278. The second-order valence-electron chi connectivity index (χ2n) is 5.97. The molecule has 1 saturated heterocycles. The molecule has 108 valence electrons. The van der Waals surface area contributed by atoms with Gasteiger partial charge in [-0.2, -0.15) is 0 Å². The van der Waals surface area contributed by atoms with E-state index in [1.807, 2.05) is 23.1 Å². The molecule has 0 aromatic heterocycles. The molecule has 20 heavy (non-hydrogen) atoms. The van der Waals surface area contributed by atoms with E-state index in [4.69, 9.17) is 11.6 Å². The number of rotatable bonds is 6. The van der Waals surface area contributed by atoms with E-state index in [1.165, 1.54) is 18.4 Å². The zero-order valence-electron chi connectivity index (χ0n) is 11.6. The molecule has 3 nitrogen and oxygen atoms in total. The molecule has 1 aromatic carbocycles. The molecule has 1 atom stereocenters. The Labute approximate surface area is 125 Å². The van der Waals surface area contributed by atoms with E-state index in [0.29, 0.717) is 12.5 Å². The van der Waals surface area contributed by atoms with Crippen molar-refractivity contribution in [2.45, 2.75) is 31.7 Å². The molecule has 4 heteroatoms. The fourth-order valence-corrected chi connectivity index (χ4v) is 2.95. The van der Waals surface area contributed by atoms with Gasteiger partial charge in [0.25, 0.3) is 0 Å². The minimum atomic E-state index is 0.278. The van der Waals surface area contributed by atoms with Crippen LogP contribution in [0.15, 0.2) is 24.3 Å². The lowest BCUT2D eigenvalue weighted by atomic mass is 10.1. The van der Waals surface area contributed by atoms with Crippen molar-refractivity contribution in [3.8, 4) is 0 Å². The standard InChI is InChI=1S/C16H21ClN2O/c17-14-3-1-2-12(8-14)6-7-19-11-15(9-16(19)20)18-10-13-4-5-13/h1-3,8,13,15,18H,4-7,9-11H2/t15-/m1/s1. The molecule has 1 N–H and O–H groups in total. The van der Waals surface area contributed by atoms with Gasteiger partial charge < -0.3 is 10.2 Å². The average Bonchev–Trinajstić information content (AvgIpc) is 3.18. The van der Waals surface area contributed by atoms with Crippen molar-refractivity contribution in [3.05, 3.63) is 34.9 Å². The first-order valence-corrected chi connectivity index (χ1v) is 7.84. The maximum absolute atomic E-state index is 12.0. The number of hydrogen-bond acceptors (Lipinski definition) is 2. The van der Waals surface area contributed by atoms with Crippen LogP contribution in [-0.4, -0.2) is 36.5 Å². The molecule has 0 unspecified atom stereocenters. The highest BCUT2D eigenvalue weighted by molar-refractivity contribution is 6.30. The second kappa shape index (κ2) is 6.15. The van der Waals surface area contributed by atoms with Gasteiger partial charge in [0.15, 0.2) is 0 Å². The third kappa shape index (κ3) is 3.74. The van der Waals surface area contributed by atoms with Crippen LogP contribution in [0.3, 0.4) is 0 Å². The largest absolute Gasteiger partial charge is 0.341 e. The zero-order chi connectivity index (χ0) is 13.9. The maximum Gasteiger partial charge on any atom is 0.224 e. The smallest absolute Gasteiger partial charge is 0.224 e. The zero-order valence-corrected chi connectivity index (χ0v) is 12.4. The predicted molar refractivity (Wildman–Crippen MR) is 80.9 cm³/mol. The third-order valence-electron chi connectivity index (χ3n) is 4.17. The summed E-state index contributed by atoms with van der Waals surface area (Å²) in [6.45, 7) is 2.73. The Morgan fingerprint density at radius 3 is 2.95 bits per heavy atom. The summed E-state index contributed by atoms with van der Waals surface area (Å²) in [5.74, 6) is 1.14. The van der Waals surface area contributed by atoms with Crippen molar-refractivity contribution in [1.82, 2.24) is 10.2 Å². The van der Waals surface area contributed by atoms with Gasteiger partial charge in [0.2, 0.25) is 5.91 Å². The molecular weight excluding hydrogens is 272 g/mol. The summed E-state index contributed by atoms with van der Waals surface area (Å²) in [5, 5.41) is 4.29. The Kier molecular flexibility index (Phi) is 4.27. The van der Waals surface area contributed by atoms with E-state index in [9.17, 15) is 4.79 Å². The van der Waals surface area contributed by atoms with Crippen molar-refractivity contribution >= 4 is 17.5 Å². The van der Waals surface area contributed by atoms with Crippen LogP contribution in [0.4, 0.5) is 0 Å². The van der Waals surface area contributed by atoms with Crippen LogP contribution >= 0.6 is 11.6 Å². The van der Waals surface area contributed by atoms with Crippen molar-refractivity contribution in [2.75, 3.05) is 19.6 Å². The summed E-state index contributed by atoms with van der Waals surface area (Å²) in [6.07, 6.45) is 4.24. The Bertz CT molecular complexity index is 487. The molecular formula is C16H21ClN2O. The number of amides is 1. The lowest BCUT2D eigenvalue weighted by molar-refractivity contribution is -0.127. The third-order valence-corrected chi connectivity index (χ3v) is 4.40. The average molecular weight is 293 g/mol. The number of nitrogens with one attached hydrogen (secondary N) is 1. The van der Waals surface area contributed by atoms with Crippen molar-refractivity contribution < 1.29 is 4.79 Å². The van der Waals surface area contributed by atoms with E-state index in [-0.39, 0.29) is 5.91 Å². The van der Waals surface area contributed by atoms with Gasteiger partial charge in [0.1, 0.15) is 0 Å². The molecule has 2 aliphatic rings. The molecule has 1 saturated carbocycles. The number of carbonyl (C=O) groups is 1. The van der Waals surface area contributed by atoms with E-state index >= 15 is 0 Å². The number of nitrogens with zero attached hydrogens (tertiary/aromatic N) is 1. The molecule has 2 fully saturated rings. The van der Waals surface area contributed by atoms with Crippen molar-refractivity contribution in [1.29, 1.82) is 0 Å². The molecule has 1 aliphatic carbocycles. The van der Waals surface area contributed by atoms with Crippen LogP contribution in [0, 0.1) is 5.92 Å². The van der Waals surface area contributed by atoms with Crippen LogP contribution in [0.1, 0.15) is 24.8 Å². The van der Waals surface area contributed by atoms with Crippen LogP contribution in [0.25, 0.3) is 0 Å². The van der Waals surface area contributed by atoms with Gasteiger partial charge in [0.05, 0.1) is 0 Å². The molecule has 0 spiro atoms. The second-order valence-corrected chi connectivity index (χ2v) is 6.41. The number of likely N-dealkylation sites (tertiary alicyclic amines) is 1. The highest BCUT2D eigenvalue weighted by Crippen LogP contribution is 2.28. The molecule has 1 heterocycles. The highest BCUT2D eigenvalue weighted by atomic mass is 35.5. The van der Waals surface area contributed by atoms with E-state index in [2.05, 4.69) is 11.4 Å². The van der Waals surface area contributed by atoms with Crippen LogP contribution in [0.5, 0.6) is 0 Å². The van der Waals surface area contributed by atoms with Gasteiger partial charge in [-0.3, -0.25) is 4.79 Å². The van der Waals surface area contributed by atoms with Crippen LogP contribution in [-0.2, 0) is 11.2 Å². The summed E-state index contributed by atoms with van der Waals surface area (Å²) < 4.78 is 0. The van der Waals surface area contributed by atoms with E-state index < -0.39 is 0 Å². The van der Waals surface area contributed by atoms with Gasteiger partial charge in [-0.1, -0.05) is 23.7 Å². The quantitative estimate of drug-likeness (QED) is 0.874. The van der Waals surface area contributed by atoms with Gasteiger partial charge in [-0.15, -0.1) is 0 Å². The normalized spacial score (nSPS) is 22.6. The number of hydrogen-bond donors (Lipinski definition) is 1. The highest BCUT2D eigenvalue weighted by Gasteiger charge is 2.30. The van der Waals surface area contributed by atoms with Gasteiger partial charge in [-0.05, 0) is 49.4 Å². The summed E-state index contributed by atoms with van der Waals surface area (Å²) in [6, 6.07) is 8.23. The van der Waals surface area contributed by atoms with Crippen molar-refractivity contribution in [3.63, 3.8) is 0 Å². The number of halogens is 1. The summed E-state index contributed by atoms with van der Waals surface area (Å²) in [7, 11) is 0. The fourth-order valence-electron chi connectivity index (χ4n) is 2.74. The molecule has 1 amide bonds. The molecule has 1 aromatic rings. The molecule has 3 rings (SSSR count). The van der Waals surface area contributed by atoms with Crippen LogP contribution in [0.2, 0.25) is 5.02 Å². The minimum Gasteiger partial charge on any atom is -0.341 e. The molecule has 0 bridgehead atoms. The monoisotopic (exact) mass is 292 g/mol. The fraction of sp³-hybridized carbons (Fsp3) is 0.562. The van der Waals surface area contributed by atoms with E-state index in [0.717, 1.165) is 37.0 Å². The van der Waals surface area contributed by atoms with Crippen LogP contribution < -0.4 is 5.32 Å². The predicted octanol–water partition coefficient (Wildman–Crippen LogP) is 2.48. The number of carbonyl (C=O) groups excluding carboxylic acids is 1.